The maximum absolute atomic E-state index is 9.74. The second-order valence-corrected chi connectivity index (χ2v) is 5.54. The van der Waals surface area contributed by atoms with Crippen LogP contribution in [0.25, 0.3) is 0 Å². The van der Waals surface area contributed by atoms with Crippen LogP contribution in [0.3, 0.4) is 0 Å². The Bertz CT molecular complexity index is 573. The third-order valence-electron chi connectivity index (χ3n) is 3.71. The number of rotatable bonds is 5. The molecule has 2 aromatic rings. The molecule has 0 saturated heterocycles. The highest BCUT2D eigenvalue weighted by Crippen LogP contribution is 2.33. The van der Waals surface area contributed by atoms with Crippen LogP contribution in [0.2, 0.25) is 0 Å². The monoisotopic (exact) mass is 324 g/mol. The largest absolute Gasteiger partial charge is 0.508 e. The number of hydrogen-bond acceptors (Lipinski definition) is 2. The number of aromatic hydroxyl groups is 2. The van der Waals surface area contributed by atoms with Crippen LogP contribution in [0.1, 0.15) is 41.5 Å². The highest BCUT2D eigenvalue weighted by Gasteiger charge is 2.15. The molecule has 0 aliphatic heterocycles. The third kappa shape index (κ3) is 3.45. The molecule has 0 aliphatic rings. The van der Waals surface area contributed by atoms with E-state index >= 15 is 0 Å². The molecule has 0 atom stereocenters. The van der Waals surface area contributed by atoms with Crippen LogP contribution in [0.15, 0.2) is 36.4 Å². The van der Waals surface area contributed by atoms with E-state index in [2.05, 4.69) is 6.92 Å². The maximum atomic E-state index is 9.74. The summed E-state index contributed by atoms with van der Waals surface area (Å²) in [5.41, 5.74) is 3.64. The van der Waals surface area contributed by atoms with Gasteiger partial charge in [0.2, 0.25) is 0 Å². The summed E-state index contributed by atoms with van der Waals surface area (Å²) in [5.74, 6) is 1.17. The minimum absolute atomic E-state index is 0.176. The molecule has 0 radical (unpaired) electrons. The summed E-state index contributed by atoms with van der Waals surface area (Å²) >= 11 is 11.7. The van der Waals surface area contributed by atoms with Gasteiger partial charge in [-0.05, 0) is 29.7 Å². The van der Waals surface area contributed by atoms with Crippen molar-refractivity contribution in [3.8, 4) is 11.5 Å². The summed E-state index contributed by atoms with van der Waals surface area (Å²) in [4.78, 5) is 0. The second kappa shape index (κ2) is 7.06. The van der Waals surface area contributed by atoms with Gasteiger partial charge in [-0.1, -0.05) is 31.2 Å². The molecule has 0 amide bonds. The summed E-state index contributed by atoms with van der Waals surface area (Å²) in [5, 5.41) is 19.5. The fourth-order valence-corrected chi connectivity index (χ4v) is 2.95. The van der Waals surface area contributed by atoms with Crippen LogP contribution in [-0.2, 0) is 11.8 Å². The van der Waals surface area contributed by atoms with Crippen LogP contribution >= 0.6 is 23.2 Å². The van der Waals surface area contributed by atoms with E-state index in [1.54, 1.807) is 12.1 Å². The topological polar surface area (TPSA) is 40.5 Å². The normalized spacial score (nSPS) is 11.0. The number of halogens is 2. The molecule has 2 aromatic carbocycles. The van der Waals surface area contributed by atoms with Gasteiger partial charge in [0.05, 0.1) is 11.8 Å². The number of alkyl halides is 2. The zero-order chi connectivity index (χ0) is 15.4. The number of phenols is 2. The Labute approximate surface area is 135 Å². The minimum atomic E-state index is 0.176. The third-order valence-corrected chi connectivity index (χ3v) is 4.28. The van der Waals surface area contributed by atoms with Crippen molar-refractivity contribution in [1.29, 1.82) is 0 Å². The summed E-state index contributed by atoms with van der Waals surface area (Å²) in [6.45, 7) is 2.10. The van der Waals surface area contributed by atoms with E-state index in [4.69, 9.17) is 23.2 Å². The zero-order valence-corrected chi connectivity index (χ0v) is 13.3. The molecule has 0 heterocycles. The first-order valence-corrected chi connectivity index (χ1v) is 7.93. The van der Waals surface area contributed by atoms with Crippen LogP contribution in [0.4, 0.5) is 0 Å². The zero-order valence-electron chi connectivity index (χ0n) is 11.8. The molecule has 2 N–H and O–H groups in total. The lowest BCUT2D eigenvalue weighted by Gasteiger charge is -2.18. The molecule has 21 heavy (non-hydrogen) atoms. The Morgan fingerprint density at radius 1 is 0.857 bits per heavy atom. The van der Waals surface area contributed by atoms with E-state index in [9.17, 15) is 10.2 Å². The van der Waals surface area contributed by atoms with Crippen LogP contribution in [0, 0.1) is 0 Å². The van der Waals surface area contributed by atoms with Crippen LogP contribution in [0.5, 0.6) is 11.5 Å². The first-order chi connectivity index (χ1) is 10.1. The van der Waals surface area contributed by atoms with E-state index in [0.717, 1.165) is 28.7 Å². The number of phenolic OH excluding ortho intramolecular Hbond substituents is 2. The number of benzene rings is 2. The van der Waals surface area contributed by atoms with E-state index in [-0.39, 0.29) is 29.2 Å². The van der Waals surface area contributed by atoms with Crippen molar-refractivity contribution in [1.82, 2.24) is 0 Å². The molecule has 0 aromatic heterocycles. The molecule has 0 unspecified atom stereocenters. The van der Waals surface area contributed by atoms with E-state index in [1.165, 1.54) is 0 Å². The minimum Gasteiger partial charge on any atom is -0.508 e. The van der Waals surface area contributed by atoms with Crippen LogP contribution in [-0.4, -0.2) is 10.2 Å². The van der Waals surface area contributed by atoms with Crippen molar-refractivity contribution in [2.75, 3.05) is 0 Å². The van der Waals surface area contributed by atoms with Gasteiger partial charge in [-0.25, -0.2) is 0 Å². The molecule has 2 nitrogen and oxygen atoms in total. The van der Waals surface area contributed by atoms with Gasteiger partial charge in [0.15, 0.2) is 0 Å². The van der Waals surface area contributed by atoms with Crippen molar-refractivity contribution >= 4 is 23.2 Å². The quantitative estimate of drug-likeness (QED) is 0.749. The average molecular weight is 325 g/mol. The molecule has 0 bridgehead atoms. The fraction of sp³-hybridized carbons (Fsp3) is 0.294. The first-order valence-electron chi connectivity index (χ1n) is 6.86. The predicted octanol–water partition coefficient (Wildman–Crippen LogP) is 5.12. The standard InChI is InChI=1S/C17H18Cl2O2/c1-2-15(11-3-5-16(20)13(7-11)9-18)12-4-6-17(21)14(8-12)10-19/h3-8,15,20-21H,2,9-10H2,1H3. The van der Waals surface area contributed by atoms with E-state index in [1.807, 2.05) is 24.3 Å². The smallest absolute Gasteiger partial charge is 0.120 e. The van der Waals surface area contributed by atoms with Gasteiger partial charge in [0.25, 0.3) is 0 Å². The Balaban J connectivity index is 2.44. The maximum Gasteiger partial charge on any atom is 0.120 e. The first kappa shape index (κ1) is 16.0. The SMILES string of the molecule is CCC(c1ccc(O)c(CCl)c1)c1ccc(O)c(CCl)c1. The summed E-state index contributed by atoms with van der Waals surface area (Å²) < 4.78 is 0. The number of hydrogen-bond donors (Lipinski definition) is 2. The summed E-state index contributed by atoms with van der Waals surface area (Å²) in [7, 11) is 0. The molecule has 0 fully saturated rings. The van der Waals surface area contributed by atoms with Gasteiger partial charge in [0.1, 0.15) is 11.5 Å². The van der Waals surface area contributed by atoms with Gasteiger partial charge >= 0.3 is 0 Å². The summed E-state index contributed by atoms with van der Waals surface area (Å²) in [6.07, 6.45) is 0.902. The van der Waals surface area contributed by atoms with E-state index < -0.39 is 0 Å². The van der Waals surface area contributed by atoms with Crippen molar-refractivity contribution < 1.29 is 10.2 Å². The van der Waals surface area contributed by atoms with Crippen LogP contribution < -0.4 is 0 Å². The van der Waals surface area contributed by atoms with Crippen molar-refractivity contribution in [3.05, 3.63) is 58.7 Å². The lowest BCUT2D eigenvalue weighted by molar-refractivity contribution is 0.470. The molecule has 4 heteroatoms. The Morgan fingerprint density at radius 2 is 1.29 bits per heavy atom. The van der Waals surface area contributed by atoms with Gasteiger partial charge in [-0.2, -0.15) is 0 Å². The Morgan fingerprint density at radius 3 is 1.62 bits per heavy atom. The highest BCUT2D eigenvalue weighted by atomic mass is 35.5. The molecule has 0 saturated carbocycles. The van der Waals surface area contributed by atoms with Crippen molar-refractivity contribution in [3.63, 3.8) is 0 Å². The average Bonchev–Trinajstić information content (AvgIpc) is 2.51. The van der Waals surface area contributed by atoms with Crippen molar-refractivity contribution in [2.24, 2.45) is 0 Å². The lowest BCUT2D eigenvalue weighted by Crippen LogP contribution is -2.01. The Hall–Kier alpha value is -1.38. The molecular formula is C17H18Cl2O2. The lowest BCUT2D eigenvalue weighted by atomic mass is 9.87. The predicted molar refractivity (Wildman–Crippen MR) is 87.5 cm³/mol. The van der Waals surface area contributed by atoms with Gasteiger partial charge in [-0.15, -0.1) is 23.2 Å². The molecule has 0 aliphatic carbocycles. The van der Waals surface area contributed by atoms with Gasteiger partial charge in [0, 0.05) is 17.0 Å². The Kier molecular flexibility index (Phi) is 5.38. The molecular weight excluding hydrogens is 307 g/mol. The molecule has 0 spiro atoms. The van der Waals surface area contributed by atoms with Gasteiger partial charge < -0.3 is 10.2 Å². The molecule has 2 rings (SSSR count). The molecule has 112 valence electrons. The van der Waals surface area contributed by atoms with Crippen molar-refractivity contribution in [2.45, 2.75) is 31.0 Å². The fourth-order valence-electron chi connectivity index (χ4n) is 2.52. The van der Waals surface area contributed by atoms with E-state index in [0.29, 0.717) is 0 Å². The summed E-state index contributed by atoms with van der Waals surface area (Å²) in [6, 6.07) is 11.0. The van der Waals surface area contributed by atoms with Gasteiger partial charge in [-0.3, -0.25) is 0 Å². The highest BCUT2D eigenvalue weighted by molar-refractivity contribution is 6.17. The second-order valence-electron chi connectivity index (χ2n) is 5.00.